The van der Waals surface area contributed by atoms with Crippen LogP contribution < -0.4 is 9.74 Å². The second-order valence-corrected chi connectivity index (χ2v) is 11.3. The predicted octanol–water partition coefficient (Wildman–Crippen LogP) is 5.18. The second kappa shape index (κ2) is 9.53. The molecule has 0 saturated carbocycles. The molecular weight excluding hydrogens is 345 g/mol. The lowest BCUT2D eigenvalue weighted by Gasteiger charge is -2.24. The Morgan fingerprint density at radius 2 is 1.85 bits per heavy atom. The van der Waals surface area contributed by atoms with Gasteiger partial charge in [0, 0.05) is 6.54 Å². The Morgan fingerprint density at radius 1 is 1.12 bits per heavy atom. The van der Waals surface area contributed by atoms with E-state index in [4.69, 9.17) is 4.43 Å². The van der Waals surface area contributed by atoms with E-state index in [2.05, 4.69) is 25.3 Å². The van der Waals surface area contributed by atoms with Gasteiger partial charge in [0.15, 0.2) is 5.82 Å². The molecule has 2 aromatic rings. The SMILES string of the molecule is CCCC[Si](C)(C)Oc1cccc(C(=O)NCCc2ccccc2)c1F. The minimum absolute atomic E-state index is 0.0378. The Labute approximate surface area is 156 Å². The number of carbonyl (C=O) groups is 1. The maximum atomic E-state index is 14.8. The standard InChI is InChI=1S/C21H28FNO2Si/c1-4-5-16-26(2,3)25-19-13-9-12-18(20(19)22)21(24)23-15-14-17-10-7-6-8-11-17/h6-13H,4-5,14-16H2,1-3H3,(H,23,24). The van der Waals surface area contributed by atoms with E-state index < -0.39 is 20.0 Å². The zero-order valence-electron chi connectivity index (χ0n) is 15.8. The molecule has 0 heterocycles. The molecule has 0 aliphatic rings. The molecule has 0 saturated heterocycles. The largest absolute Gasteiger partial charge is 0.542 e. The Balaban J connectivity index is 1.99. The lowest BCUT2D eigenvalue weighted by Crippen LogP contribution is -2.34. The van der Waals surface area contributed by atoms with Crippen LogP contribution in [-0.2, 0) is 6.42 Å². The van der Waals surface area contributed by atoms with Crippen LogP contribution in [0.25, 0.3) is 0 Å². The van der Waals surface area contributed by atoms with Crippen LogP contribution in [0, 0.1) is 5.82 Å². The first-order valence-corrected chi connectivity index (χ1v) is 12.3. The average Bonchev–Trinajstić information content (AvgIpc) is 2.62. The normalized spacial score (nSPS) is 11.2. The van der Waals surface area contributed by atoms with Crippen molar-refractivity contribution in [3.63, 3.8) is 0 Å². The van der Waals surface area contributed by atoms with Gasteiger partial charge in [-0.25, -0.2) is 4.39 Å². The van der Waals surface area contributed by atoms with Crippen LogP contribution in [0.5, 0.6) is 5.75 Å². The highest BCUT2D eigenvalue weighted by atomic mass is 28.4. The smallest absolute Gasteiger partial charge is 0.254 e. The van der Waals surface area contributed by atoms with Crippen molar-refractivity contribution in [3.8, 4) is 5.75 Å². The first kappa shape index (κ1) is 20.2. The van der Waals surface area contributed by atoms with Gasteiger partial charge in [-0.1, -0.05) is 56.2 Å². The van der Waals surface area contributed by atoms with Crippen molar-refractivity contribution in [2.75, 3.05) is 6.54 Å². The molecule has 0 spiro atoms. The van der Waals surface area contributed by atoms with E-state index in [1.165, 1.54) is 6.07 Å². The molecule has 140 valence electrons. The third kappa shape index (κ3) is 5.99. The van der Waals surface area contributed by atoms with Crippen LogP contribution in [0.15, 0.2) is 48.5 Å². The van der Waals surface area contributed by atoms with Gasteiger partial charge in [0.25, 0.3) is 5.91 Å². The van der Waals surface area contributed by atoms with Crippen molar-refractivity contribution >= 4 is 14.2 Å². The number of amides is 1. The molecule has 1 N–H and O–H groups in total. The summed E-state index contributed by atoms with van der Waals surface area (Å²) in [6, 6.07) is 15.6. The number of rotatable bonds is 9. The van der Waals surface area contributed by atoms with Crippen LogP contribution in [0.1, 0.15) is 35.7 Å². The number of unbranched alkanes of at least 4 members (excludes halogenated alkanes) is 1. The summed E-state index contributed by atoms with van der Waals surface area (Å²) in [6.07, 6.45) is 2.87. The molecule has 5 heteroatoms. The number of carbonyl (C=O) groups excluding carboxylic acids is 1. The molecule has 0 unspecified atom stereocenters. The average molecular weight is 374 g/mol. The van der Waals surface area contributed by atoms with Crippen LogP contribution in [0.4, 0.5) is 4.39 Å². The summed E-state index contributed by atoms with van der Waals surface area (Å²) in [5.74, 6) is -0.785. The number of hydrogen-bond donors (Lipinski definition) is 1. The van der Waals surface area contributed by atoms with Crippen molar-refractivity contribution in [2.24, 2.45) is 0 Å². The van der Waals surface area contributed by atoms with Gasteiger partial charge in [-0.15, -0.1) is 0 Å². The first-order chi connectivity index (χ1) is 12.4. The molecular formula is C21H28FNO2Si. The Bertz CT molecular complexity index is 719. The molecule has 3 nitrogen and oxygen atoms in total. The molecule has 2 rings (SSSR count). The van der Waals surface area contributed by atoms with E-state index >= 15 is 0 Å². The fourth-order valence-electron chi connectivity index (χ4n) is 2.78. The summed E-state index contributed by atoms with van der Waals surface area (Å²) >= 11 is 0. The number of halogens is 1. The summed E-state index contributed by atoms with van der Waals surface area (Å²) in [7, 11) is -2.00. The topological polar surface area (TPSA) is 38.3 Å². The van der Waals surface area contributed by atoms with E-state index in [1.54, 1.807) is 12.1 Å². The molecule has 0 radical (unpaired) electrons. The zero-order chi connectivity index (χ0) is 19.0. The molecule has 0 aliphatic carbocycles. The number of benzene rings is 2. The Kier molecular flexibility index (Phi) is 7.39. The van der Waals surface area contributed by atoms with E-state index in [0.29, 0.717) is 13.0 Å². The maximum Gasteiger partial charge on any atom is 0.254 e. The molecule has 1 amide bonds. The van der Waals surface area contributed by atoms with Crippen molar-refractivity contribution < 1.29 is 13.6 Å². The quantitative estimate of drug-likeness (QED) is 0.615. The third-order valence-corrected chi connectivity index (χ3v) is 6.60. The fourth-order valence-corrected chi connectivity index (χ4v) is 4.84. The maximum absolute atomic E-state index is 14.8. The van der Waals surface area contributed by atoms with E-state index in [-0.39, 0.29) is 11.3 Å². The Hall–Kier alpha value is -2.14. The summed E-state index contributed by atoms with van der Waals surface area (Å²) in [4.78, 5) is 12.4. The summed E-state index contributed by atoms with van der Waals surface area (Å²) in [5.41, 5.74) is 1.17. The van der Waals surface area contributed by atoms with Gasteiger partial charge < -0.3 is 9.74 Å². The molecule has 2 aromatic carbocycles. The van der Waals surface area contributed by atoms with Crippen molar-refractivity contribution in [2.45, 2.75) is 45.3 Å². The van der Waals surface area contributed by atoms with Crippen molar-refractivity contribution in [3.05, 3.63) is 65.5 Å². The highest BCUT2D eigenvalue weighted by Gasteiger charge is 2.26. The summed E-state index contributed by atoms with van der Waals surface area (Å²) in [5, 5.41) is 2.79. The predicted molar refractivity (Wildman–Crippen MR) is 107 cm³/mol. The second-order valence-electron chi connectivity index (χ2n) is 7.07. The summed E-state index contributed by atoms with van der Waals surface area (Å²) < 4.78 is 20.7. The molecule has 0 aromatic heterocycles. The van der Waals surface area contributed by atoms with Gasteiger partial charge in [0.05, 0.1) is 5.56 Å². The molecule has 0 bridgehead atoms. The van der Waals surface area contributed by atoms with Crippen LogP contribution in [-0.4, -0.2) is 20.8 Å². The third-order valence-electron chi connectivity index (χ3n) is 4.27. The van der Waals surface area contributed by atoms with Crippen molar-refractivity contribution in [1.82, 2.24) is 5.32 Å². The van der Waals surface area contributed by atoms with Gasteiger partial charge >= 0.3 is 0 Å². The van der Waals surface area contributed by atoms with Crippen LogP contribution in [0.3, 0.4) is 0 Å². The monoisotopic (exact) mass is 373 g/mol. The van der Waals surface area contributed by atoms with Gasteiger partial charge in [-0.3, -0.25) is 4.79 Å². The minimum atomic E-state index is -2.00. The zero-order valence-corrected chi connectivity index (χ0v) is 16.8. The lowest BCUT2D eigenvalue weighted by atomic mass is 10.1. The van der Waals surface area contributed by atoms with Gasteiger partial charge in [0.1, 0.15) is 5.75 Å². The summed E-state index contributed by atoms with van der Waals surface area (Å²) in [6.45, 7) is 6.75. The van der Waals surface area contributed by atoms with E-state index in [9.17, 15) is 9.18 Å². The highest BCUT2D eigenvalue weighted by Crippen LogP contribution is 2.26. The molecule has 0 atom stereocenters. The van der Waals surface area contributed by atoms with Gasteiger partial charge in [0.2, 0.25) is 8.32 Å². The van der Waals surface area contributed by atoms with Crippen LogP contribution >= 0.6 is 0 Å². The van der Waals surface area contributed by atoms with E-state index in [1.807, 2.05) is 30.3 Å². The highest BCUT2D eigenvalue weighted by molar-refractivity contribution is 6.71. The Morgan fingerprint density at radius 3 is 2.54 bits per heavy atom. The fraction of sp³-hybridized carbons (Fsp3) is 0.381. The van der Waals surface area contributed by atoms with Crippen LogP contribution in [0.2, 0.25) is 19.1 Å². The van der Waals surface area contributed by atoms with Crippen molar-refractivity contribution in [1.29, 1.82) is 0 Å². The molecule has 0 fully saturated rings. The number of hydrogen-bond acceptors (Lipinski definition) is 2. The van der Waals surface area contributed by atoms with Gasteiger partial charge in [-0.05, 0) is 43.3 Å². The molecule has 26 heavy (non-hydrogen) atoms. The first-order valence-electron chi connectivity index (χ1n) is 9.22. The minimum Gasteiger partial charge on any atom is -0.542 e. The van der Waals surface area contributed by atoms with E-state index in [0.717, 1.165) is 24.4 Å². The number of nitrogens with one attached hydrogen (secondary N) is 1. The molecule has 0 aliphatic heterocycles. The lowest BCUT2D eigenvalue weighted by molar-refractivity contribution is 0.0949. The van der Waals surface area contributed by atoms with Gasteiger partial charge in [-0.2, -0.15) is 0 Å².